The van der Waals surface area contributed by atoms with Crippen molar-refractivity contribution in [2.24, 2.45) is 0 Å². The zero-order chi connectivity index (χ0) is 35.6. The highest BCUT2D eigenvalue weighted by Gasteiger charge is 2.28. The van der Waals surface area contributed by atoms with Crippen LogP contribution in [-0.2, 0) is 48.5 Å². The van der Waals surface area contributed by atoms with Gasteiger partial charge in [-0.1, -0.05) is 66.5 Å². The Morgan fingerprint density at radius 2 is 1.48 bits per heavy atom. The Bertz CT molecular complexity index is 1540. The number of benzene rings is 3. The molecule has 0 fully saturated rings. The molecule has 0 spiro atoms. The number of fused-ring (bicyclic) bond motifs is 1. The molecule has 1 heterocycles. The molecule has 9 nitrogen and oxygen atoms in total. The predicted molar refractivity (Wildman–Crippen MR) is 201 cm³/mol. The number of hydrogen-bond donors (Lipinski definition) is 2. The molecule has 4 rings (SSSR count). The minimum Gasteiger partial charge on any atom is -0.379 e. The molecule has 1 aliphatic rings. The highest BCUT2D eigenvalue weighted by molar-refractivity contribution is 7.89. The zero-order valence-corrected chi connectivity index (χ0v) is 31.8. The van der Waals surface area contributed by atoms with Crippen LogP contribution in [0.2, 0.25) is 10.0 Å². The summed E-state index contributed by atoms with van der Waals surface area (Å²) < 4.78 is 51.1. The molecule has 0 saturated heterocycles. The third kappa shape index (κ3) is 13.8. The van der Waals surface area contributed by atoms with Crippen LogP contribution in [0.4, 0.5) is 0 Å². The van der Waals surface area contributed by atoms with Gasteiger partial charge in [-0.15, -0.1) is 0 Å². The largest absolute Gasteiger partial charge is 0.379 e. The highest BCUT2D eigenvalue weighted by atomic mass is 35.5. The molecule has 3 aromatic carbocycles. The van der Waals surface area contributed by atoms with Gasteiger partial charge in [-0.2, -0.15) is 0 Å². The van der Waals surface area contributed by atoms with Crippen LogP contribution in [-0.4, -0.2) is 92.9 Å². The van der Waals surface area contributed by atoms with E-state index in [1.807, 2.05) is 19.2 Å². The number of nitrogens with one attached hydrogen (secondary N) is 2. The van der Waals surface area contributed by atoms with Crippen LogP contribution in [0.3, 0.4) is 0 Å². The van der Waals surface area contributed by atoms with Gasteiger partial charge in [0.25, 0.3) is 0 Å². The summed E-state index contributed by atoms with van der Waals surface area (Å²) in [5.41, 5.74) is 5.54. The number of halogens is 2. The Balaban J connectivity index is 1.04. The standard InChI is InChI=1S/C38H53Cl2N3O6S/c1-3-16-46-20-22-48-18-14-41-27-31-12-10-30(11-13-31)7-4-5-17-47-21-23-49-19-15-42-50(44,45)34-9-6-8-32(24-34)36-28-43(2)29-37-35(36)25-33(39)26-38(37)40/h6,8-13,24-26,36,41-42H,3-5,7,14-23,27-29H2,1-2H3. The smallest absolute Gasteiger partial charge is 0.240 e. The first kappa shape index (κ1) is 40.7. The number of hydrogen-bond acceptors (Lipinski definition) is 8. The van der Waals surface area contributed by atoms with Gasteiger partial charge >= 0.3 is 0 Å². The van der Waals surface area contributed by atoms with Crippen LogP contribution in [0.25, 0.3) is 0 Å². The van der Waals surface area contributed by atoms with E-state index in [0.29, 0.717) is 56.2 Å². The van der Waals surface area contributed by atoms with Crippen LogP contribution in [0.15, 0.2) is 65.6 Å². The third-order valence-electron chi connectivity index (χ3n) is 8.47. The zero-order valence-electron chi connectivity index (χ0n) is 29.4. The SMILES string of the molecule is CCCOCCOCCNCc1ccc(CCCCOCCOCCNS(=O)(=O)c2cccc(C3CN(C)Cc4c(Cl)cc(Cl)cc43)c2)cc1. The molecule has 2 N–H and O–H groups in total. The number of unbranched alkanes of at least 4 members (excludes halogenated alkanes) is 1. The van der Waals surface area contributed by atoms with Crippen molar-refractivity contribution >= 4 is 33.2 Å². The van der Waals surface area contributed by atoms with Crippen molar-refractivity contribution in [1.29, 1.82) is 0 Å². The molecule has 1 atom stereocenters. The Kier molecular flexibility index (Phi) is 18.0. The number of rotatable bonds is 24. The van der Waals surface area contributed by atoms with Crippen molar-refractivity contribution in [3.8, 4) is 0 Å². The number of sulfonamides is 1. The second-order valence-corrected chi connectivity index (χ2v) is 15.2. The molecule has 276 valence electrons. The lowest BCUT2D eigenvalue weighted by atomic mass is 9.85. The Labute approximate surface area is 309 Å². The minimum absolute atomic E-state index is 0.0457. The quantitative estimate of drug-likeness (QED) is 0.101. The van der Waals surface area contributed by atoms with Gasteiger partial charge in [0.05, 0.1) is 44.5 Å². The predicted octanol–water partition coefficient (Wildman–Crippen LogP) is 6.44. The van der Waals surface area contributed by atoms with E-state index in [1.165, 1.54) is 11.1 Å². The lowest BCUT2D eigenvalue weighted by Gasteiger charge is -2.33. The first-order valence-electron chi connectivity index (χ1n) is 17.6. The van der Waals surface area contributed by atoms with E-state index in [2.05, 4.69) is 46.1 Å². The summed E-state index contributed by atoms with van der Waals surface area (Å²) in [6, 6.07) is 19.5. The van der Waals surface area contributed by atoms with Crippen LogP contribution in [0.5, 0.6) is 0 Å². The summed E-state index contributed by atoms with van der Waals surface area (Å²) in [5, 5.41) is 4.61. The first-order valence-corrected chi connectivity index (χ1v) is 19.9. The van der Waals surface area contributed by atoms with Crippen LogP contribution < -0.4 is 10.0 Å². The third-order valence-corrected chi connectivity index (χ3v) is 10.5. The molecular weight excluding hydrogens is 697 g/mol. The molecule has 0 aromatic heterocycles. The van der Waals surface area contributed by atoms with E-state index < -0.39 is 10.0 Å². The van der Waals surface area contributed by atoms with Gasteiger partial charge in [0, 0.05) is 61.9 Å². The van der Waals surface area contributed by atoms with Gasteiger partial charge in [-0.3, -0.25) is 0 Å². The maximum atomic E-state index is 13.1. The fourth-order valence-corrected chi connectivity index (χ4v) is 7.52. The van der Waals surface area contributed by atoms with E-state index in [1.54, 1.807) is 24.3 Å². The van der Waals surface area contributed by atoms with Gasteiger partial charge in [-0.05, 0) is 84.8 Å². The second kappa shape index (κ2) is 22.1. The molecule has 0 radical (unpaired) electrons. The first-order chi connectivity index (χ1) is 24.3. The Morgan fingerprint density at radius 1 is 0.800 bits per heavy atom. The molecule has 50 heavy (non-hydrogen) atoms. The number of aryl methyl sites for hydroxylation is 1. The van der Waals surface area contributed by atoms with E-state index in [0.717, 1.165) is 68.6 Å². The fraction of sp³-hybridized carbons (Fsp3) is 0.526. The number of nitrogens with zero attached hydrogens (tertiary/aromatic N) is 1. The lowest BCUT2D eigenvalue weighted by molar-refractivity contribution is 0.0486. The van der Waals surface area contributed by atoms with Crippen molar-refractivity contribution < 1.29 is 27.4 Å². The van der Waals surface area contributed by atoms with Crippen molar-refractivity contribution in [2.45, 2.75) is 56.5 Å². The lowest BCUT2D eigenvalue weighted by Crippen LogP contribution is -2.31. The molecule has 3 aromatic rings. The molecule has 0 saturated carbocycles. The summed E-state index contributed by atoms with van der Waals surface area (Å²) in [4.78, 5) is 2.40. The van der Waals surface area contributed by atoms with E-state index in [-0.39, 0.29) is 24.0 Å². The summed E-state index contributed by atoms with van der Waals surface area (Å²) in [6.07, 6.45) is 4.06. The van der Waals surface area contributed by atoms with Gasteiger partial charge in [-0.25, -0.2) is 13.1 Å². The fourth-order valence-electron chi connectivity index (χ4n) is 5.88. The summed E-state index contributed by atoms with van der Waals surface area (Å²) >= 11 is 12.8. The number of ether oxygens (including phenoxy) is 4. The molecule has 0 amide bonds. The monoisotopic (exact) mass is 749 g/mol. The topological polar surface area (TPSA) is 98.4 Å². The van der Waals surface area contributed by atoms with Gasteiger partial charge in [0.15, 0.2) is 0 Å². The average molecular weight is 751 g/mol. The van der Waals surface area contributed by atoms with E-state index in [9.17, 15) is 8.42 Å². The Hall–Kier alpha value is -2.09. The highest BCUT2D eigenvalue weighted by Crippen LogP contribution is 2.38. The van der Waals surface area contributed by atoms with Crippen LogP contribution in [0.1, 0.15) is 59.9 Å². The van der Waals surface area contributed by atoms with Crippen molar-refractivity contribution in [2.75, 3.05) is 79.5 Å². The summed E-state index contributed by atoms with van der Waals surface area (Å²) in [7, 11) is -1.68. The molecular formula is C38H53Cl2N3O6S. The maximum Gasteiger partial charge on any atom is 0.240 e. The van der Waals surface area contributed by atoms with Crippen LogP contribution in [0, 0.1) is 0 Å². The molecule has 12 heteroatoms. The van der Waals surface area contributed by atoms with Gasteiger partial charge < -0.3 is 29.2 Å². The molecule has 0 bridgehead atoms. The van der Waals surface area contributed by atoms with Gasteiger partial charge in [0.1, 0.15) is 0 Å². The molecule has 1 unspecified atom stereocenters. The maximum absolute atomic E-state index is 13.1. The van der Waals surface area contributed by atoms with E-state index in [4.69, 9.17) is 42.1 Å². The summed E-state index contributed by atoms with van der Waals surface area (Å²) in [6.45, 7) is 9.94. The van der Waals surface area contributed by atoms with Crippen molar-refractivity contribution in [3.05, 3.63) is 98.5 Å². The van der Waals surface area contributed by atoms with Gasteiger partial charge in [0.2, 0.25) is 10.0 Å². The Morgan fingerprint density at radius 3 is 2.22 bits per heavy atom. The molecule has 0 aliphatic carbocycles. The minimum atomic E-state index is -3.71. The average Bonchev–Trinajstić information content (AvgIpc) is 3.10. The van der Waals surface area contributed by atoms with E-state index >= 15 is 0 Å². The normalized spacial score (nSPS) is 15.0. The second-order valence-electron chi connectivity index (χ2n) is 12.6. The van der Waals surface area contributed by atoms with Crippen molar-refractivity contribution in [3.63, 3.8) is 0 Å². The van der Waals surface area contributed by atoms with Crippen molar-refractivity contribution in [1.82, 2.24) is 14.9 Å². The van der Waals surface area contributed by atoms with Crippen LogP contribution >= 0.6 is 23.2 Å². The molecule has 1 aliphatic heterocycles. The number of likely N-dealkylation sites (N-methyl/N-ethyl adjacent to an activating group) is 1. The summed E-state index contributed by atoms with van der Waals surface area (Å²) in [5.74, 6) is -0.0457.